The maximum Gasteiger partial charge on any atom is 0.223 e. The van der Waals surface area contributed by atoms with Crippen LogP contribution in [0.5, 0.6) is 0 Å². The number of carbonyl (C=O) groups excluding carboxylic acids is 2. The summed E-state index contributed by atoms with van der Waals surface area (Å²) in [6.07, 6.45) is 2.80. The van der Waals surface area contributed by atoms with Crippen molar-refractivity contribution in [2.75, 3.05) is 19.6 Å². The summed E-state index contributed by atoms with van der Waals surface area (Å²) in [4.78, 5) is 25.3. The van der Waals surface area contributed by atoms with Crippen molar-refractivity contribution in [3.05, 3.63) is 0 Å². The lowest BCUT2D eigenvalue weighted by molar-refractivity contribution is -0.132. The first-order chi connectivity index (χ1) is 9.31. The molecule has 20 heavy (non-hydrogen) atoms. The number of hydrogen-bond acceptors (Lipinski definition) is 3. The normalized spacial score (nSPS) is 17.1. The predicted octanol–water partition coefficient (Wildman–Crippen LogP) is 1.28. The second-order valence-electron chi connectivity index (χ2n) is 6.50. The van der Waals surface area contributed by atoms with E-state index in [2.05, 4.69) is 31.4 Å². The van der Waals surface area contributed by atoms with E-state index in [0.717, 1.165) is 32.5 Å². The number of amides is 2. The molecule has 1 fully saturated rings. The Balaban J connectivity index is 2.23. The Morgan fingerprint density at radius 1 is 1.20 bits per heavy atom. The summed E-state index contributed by atoms with van der Waals surface area (Å²) in [6, 6.07) is 0.235. The number of piperidine rings is 1. The van der Waals surface area contributed by atoms with E-state index in [1.807, 2.05) is 11.8 Å². The van der Waals surface area contributed by atoms with Crippen molar-refractivity contribution in [3.63, 3.8) is 0 Å². The molecule has 0 saturated carbocycles. The maximum atomic E-state index is 12.1. The Labute approximate surface area is 122 Å². The molecule has 1 rings (SSSR count). The third kappa shape index (κ3) is 6.37. The predicted molar refractivity (Wildman–Crippen MR) is 80.4 cm³/mol. The molecular formula is C15H29N3O2. The molecule has 0 aromatic heterocycles. The Morgan fingerprint density at radius 3 is 2.30 bits per heavy atom. The van der Waals surface area contributed by atoms with Gasteiger partial charge in [-0.1, -0.05) is 6.92 Å². The standard InChI is InChI=1S/C15H29N3O2/c1-5-13(19)17-12-7-10-18(11-8-12)14(20)6-9-16-15(2,3)4/h12,16H,5-11H2,1-4H3,(H,17,19). The molecular weight excluding hydrogens is 254 g/mol. The zero-order valence-electron chi connectivity index (χ0n) is 13.3. The average Bonchev–Trinajstić information content (AvgIpc) is 2.37. The van der Waals surface area contributed by atoms with Crippen LogP contribution in [0.3, 0.4) is 0 Å². The van der Waals surface area contributed by atoms with Gasteiger partial charge in [-0.25, -0.2) is 0 Å². The van der Waals surface area contributed by atoms with Crippen LogP contribution in [0.1, 0.15) is 53.4 Å². The van der Waals surface area contributed by atoms with Gasteiger partial charge in [-0.3, -0.25) is 9.59 Å². The lowest BCUT2D eigenvalue weighted by Crippen LogP contribution is -2.47. The molecule has 5 nitrogen and oxygen atoms in total. The van der Waals surface area contributed by atoms with Gasteiger partial charge in [0, 0.05) is 44.1 Å². The fourth-order valence-corrected chi connectivity index (χ4v) is 2.31. The van der Waals surface area contributed by atoms with Crippen molar-refractivity contribution in [3.8, 4) is 0 Å². The minimum absolute atomic E-state index is 0.0533. The van der Waals surface area contributed by atoms with Crippen LogP contribution in [0.15, 0.2) is 0 Å². The van der Waals surface area contributed by atoms with Gasteiger partial charge in [-0.05, 0) is 33.6 Å². The van der Waals surface area contributed by atoms with Gasteiger partial charge < -0.3 is 15.5 Å². The van der Waals surface area contributed by atoms with Crippen LogP contribution < -0.4 is 10.6 Å². The topological polar surface area (TPSA) is 61.4 Å². The zero-order valence-corrected chi connectivity index (χ0v) is 13.3. The van der Waals surface area contributed by atoms with E-state index in [9.17, 15) is 9.59 Å². The molecule has 2 amide bonds. The van der Waals surface area contributed by atoms with E-state index >= 15 is 0 Å². The average molecular weight is 283 g/mol. The van der Waals surface area contributed by atoms with Crippen LogP contribution in [0.4, 0.5) is 0 Å². The molecule has 0 aromatic carbocycles. The molecule has 116 valence electrons. The van der Waals surface area contributed by atoms with Crippen molar-refractivity contribution in [2.45, 2.75) is 65.0 Å². The molecule has 2 N–H and O–H groups in total. The van der Waals surface area contributed by atoms with Gasteiger partial charge in [0.05, 0.1) is 0 Å². The first-order valence-electron chi connectivity index (χ1n) is 7.64. The lowest BCUT2D eigenvalue weighted by Gasteiger charge is -2.32. The number of nitrogens with zero attached hydrogens (tertiary/aromatic N) is 1. The third-order valence-electron chi connectivity index (χ3n) is 3.53. The third-order valence-corrected chi connectivity index (χ3v) is 3.53. The summed E-state index contributed by atoms with van der Waals surface area (Å²) >= 11 is 0. The van der Waals surface area contributed by atoms with Crippen molar-refractivity contribution in [2.24, 2.45) is 0 Å². The molecule has 0 aromatic rings. The fraction of sp³-hybridized carbons (Fsp3) is 0.867. The SMILES string of the molecule is CCC(=O)NC1CCN(C(=O)CCNC(C)(C)C)CC1. The summed E-state index contributed by atoms with van der Waals surface area (Å²) in [5.74, 6) is 0.311. The van der Waals surface area contributed by atoms with Crippen LogP contribution in [-0.4, -0.2) is 47.9 Å². The van der Waals surface area contributed by atoms with Gasteiger partial charge in [0.15, 0.2) is 0 Å². The summed E-state index contributed by atoms with van der Waals surface area (Å²) < 4.78 is 0. The first-order valence-corrected chi connectivity index (χ1v) is 7.64. The largest absolute Gasteiger partial charge is 0.353 e. The second kappa shape index (κ2) is 7.62. The fourth-order valence-electron chi connectivity index (χ4n) is 2.31. The van der Waals surface area contributed by atoms with Crippen molar-refractivity contribution in [1.82, 2.24) is 15.5 Å². The Kier molecular flexibility index (Phi) is 6.46. The van der Waals surface area contributed by atoms with E-state index in [4.69, 9.17) is 0 Å². The minimum Gasteiger partial charge on any atom is -0.353 e. The highest BCUT2D eigenvalue weighted by molar-refractivity contribution is 5.77. The highest BCUT2D eigenvalue weighted by atomic mass is 16.2. The Hall–Kier alpha value is -1.10. The van der Waals surface area contributed by atoms with E-state index in [1.165, 1.54) is 0 Å². The number of carbonyl (C=O) groups is 2. The molecule has 0 aliphatic carbocycles. The molecule has 1 aliphatic rings. The van der Waals surface area contributed by atoms with E-state index in [-0.39, 0.29) is 23.4 Å². The number of rotatable bonds is 5. The molecule has 0 spiro atoms. The highest BCUT2D eigenvalue weighted by Gasteiger charge is 2.23. The van der Waals surface area contributed by atoms with Gasteiger partial charge in [0.1, 0.15) is 0 Å². The first kappa shape index (κ1) is 17.0. The second-order valence-corrected chi connectivity index (χ2v) is 6.50. The summed E-state index contributed by atoms with van der Waals surface area (Å²) in [5, 5.41) is 6.33. The number of nitrogens with one attached hydrogen (secondary N) is 2. The smallest absolute Gasteiger partial charge is 0.223 e. The molecule has 0 unspecified atom stereocenters. The summed E-state index contributed by atoms with van der Waals surface area (Å²) in [6.45, 7) is 10.4. The van der Waals surface area contributed by atoms with Crippen molar-refractivity contribution < 1.29 is 9.59 Å². The van der Waals surface area contributed by atoms with Crippen LogP contribution in [0.25, 0.3) is 0 Å². The molecule has 5 heteroatoms. The molecule has 0 atom stereocenters. The molecule has 1 saturated heterocycles. The van der Waals surface area contributed by atoms with E-state index in [0.29, 0.717) is 12.8 Å². The summed E-state index contributed by atoms with van der Waals surface area (Å²) in [7, 11) is 0. The maximum absolute atomic E-state index is 12.1. The Morgan fingerprint density at radius 2 is 1.80 bits per heavy atom. The van der Waals surface area contributed by atoms with Gasteiger partial charge in [-0.15, -0.1) is 0 Å². The zero-order chi connectivity index (χ0) is 15.2. The molecule has 0 radical (unpaired) electrons. The number of hydrogen-bond donors (Lipinski definition) is 2. The lowest BCUT2D eigenvalue weighted by atomic mass is 10.0. The van der Waals surface area contributed by atoms with Gasteiger partial charge >= 0.3 is 0 Å². The van der Waals surface area contributed by atoms with Crippen molar-refractivity contribution in [1.29, 1.82) is 0 Å². The molecule has 1 heterocycles. The van der Waals surface area contributed by atoms with Crippen molar-refractivity contribution >= 4 is 11.8 Å². The van der Waals surface area contributed by atoms with Gasteiger partial charge in [-0.2, -0.15) is 0 Å². The summed E-state index contributed by atoms with van der Waals surface area (Å²) in [5.41, 5.74) is 0.0533. The van der Waals surface area contributed by atoms with E-state index < -0.39 is 0 Å². The monoisotopic (exact) mass is 283 g/mol. The highest BCUT2D eigenvalue weighted by Crippen LogP contribution is 2.11. The minimum atomic E-state index is 0.0533. The van der Waals surface area contributed by atoms with Crippen LogP contribution in [0, 0.1) is 0 Å². The Bertz CT molecular complexity index is 329. The van der Waals surface area contributed by atoms with Crippen LogP contribution in [0.2, 0.25) is 0 Å². The molecule has 0 bridgehead atoms. The van der Waals surface area contributed by atoms with Gasteiger partial charge in [0.25, 0.3) is 0 Å². The van der Waals surface area contributed by atoms with E-state index in [1.54, 1.807) is 0 Å². The van der Waals surface area contributed by atoms with Crippen LogP contribution >= 0.6 is 0 Å². The number of likely N-dealkylation sites (tertiary alicyclic amines) is 1. The quantitative estimate of drug-likeness (QED) is 0.799. The molecule has 1 aliphatic heterocycles. The van der Waals surface area contributed by atoms with Gasteiger partial charge in [0.2, 0.25) is 11.8 Å². The van der Waals surface area contributed by atoms with Crippen LogP contribution in [-0.2, 0) is 9.59 Å².